The zero-order valence-corrected chi connectivity index (χ0v) is 12.2. The van der Waals surface area contributed by atoms with Gasteiger partial charge in [0.1, 0.15) is 11.6 Å². The van der Waals surface area contributed by atoms with E-state index in [0.29, 0.717) is 17.9 Å². The molecule has 1 amide bonds. The molecule has 1 N–H and O–H groups in total. The van der Waals surface area contributed by atoms with E-state index in [1.807, 2.05) is 6.92 Å². The summed E-state index contributed by atoms with van der Waals surface area (Å²) >= 11 is 0. The van der Waals surface area contributed by atoms with Gasteiger partial charge in [0.25, 0.3) is 5.91 Å². The Morgan fingerprint density at radius 2 is 1.90 bits per heavy atom. The molecule has 2 aromatic carbocycles. The number of carbonyl (C=O) groups excluding carboxylic acids is 1. The Balaban J connectivity index is 2.07. The van der Waals surface area contributed by atoms with Crippen LogP contribution in [-0.4, -0.2) is 12.5 Å². The van der Waals surface area contributed by atoms with Crippen molar-refractivity contribution in [3.63, 3.8) is 0 Å². The molecule has 0 unspecified atom stereocenters. The van der Waals surface area contributed by atoms with Gasteiger partial charge in [0.15, 0.2) is 0 Å². The first-order chi connectivity index (χ1) is 10.1. The topological polar surface area (TPSA) is 38.3 Å². The highest BCUT2D eigenvalue weighted by atomic mass is 19.1. The fraction of sp³-hybridized carbons (Fsp3) is 0.235. The molecule has 110 valence electrons. The Bertz CT molecular complexity index is 623. The van der Waals surface area contributed by atoms with Crippen LogP contribution in [0, 0.1) is 12.7 Å². The van der Waals surface area contributed by atoms with Gasteiger partial charge < -0.3 is 10.1 Å². The van der Waals surface area contributed by atoms with Gasteiger partial charge >= 0.3 is 0 Å². The maximum atomic E-state index is 13.9. The van der Waals surface area contributed by atoms with E-state index in [9.17, 15) is 9.18 Å². The number of rotatable bonds is 5. The number of carbonyl (C=O) groups is 1. The van der Waals surface area contributed by atoms with Crippen LogP contribution in [0.15, 0.2) is 42.5 Å². The summed E-state index contributed by atoms with van der Waals surface area (Å²) in [5, 5.41) is 2.68. The number of aryl methyl sites for hydroxylation is 1. The molecule has 0 heterocycles. The Morgan fingerprint density at radius 1 is 1.19 bits per heavy atom. The lowest BCUT2D eigenvalue weighted by Gasteiger charge is -2.09. The first-order valence-electron chi connectivity index (χ1n) is 6.91. The van der Waals surface area contributed by atoms with Crippen LogP contribution in [0.4, 0.5) is 10.1 Å². The summed E-state index contributed by atoms with van der Waals surface area (Å²) in [4.78, 5) is 12.1. The predicted octanol–water partition coefficient (Wildman–Crippen LogP) is 4.18. The highest BCUT2D eigenvalue weighted by Gasteiger charge is 2.13. The standard InChI is InChI=1S/C17H18FNO2/c1-3-11-21-14-9-7-13(8-10-14)19-17(20)15-6-4-5-12(2)16(15)18/h4-10H,3,11H2,1-2H3,(H,19,20). The van der Waals surface area contributed by atoms with E-state index >= 15 is 0 Å². The molecule has 0 aliphatic heterocycles. The lowest BCUT2D eigenvalue weighted by atomic mass is 10.1. The summed E-state index contributed by atoms with van der Waals surface area (Å²) in [5.41, 5.74) is 1.09. The van der Waals surface area contributed by atoms with Crippen molar-refractivity contribution in [2.45, 2.75) is 20.3 Å². The second-order valence-electron chi connectivity index (χ2n) is 4.76. The van der Waals surface area contributed by atoms with Crippen LogP contribution in [0.25, 0.3) is 0 Å². The summed E-state index contributed by atoms with van der Waals surface area (Å²) in [6, 6.07) is 11.8. The minimum absolute atomic E-state index is 0.0429. The molecule has 2 aromatic rings. The summed E-state index contributed by atoms with van der Waals surface area (Å²) in [5.74, 6) is -0.201. The molecule has 0 saturated carbocycles. The largest absolute Gasteiger partial charge is 0.494 e. The van der Waals surface area contributed by atoms with Gasteiger partial charge in [-0.1, -0.05) is 19.1 Å². The summed E-state index contributed by atoms with van der Waals surface area (Å²) < 4.78 is 19.3. The number of nitrogens with one attached hydrogen (secondary N) is 1. The van der Waals surface area contributed by atoms with Crippen LogP contribution >= 0.6 is 0 Å². The van der Waals surface area contributed by atoms with Crippen molar-refractivity contribution in [2.75, 3.05) is 11.9 Å². The molecule has 4 heteroatoms. The third kappa shape index (κ3) is 3.81. The average Bonchev–Trinajstić information content (AvgIpc) is 2.49. The Morgan fingerprint density at radius 3 is 2.57 bits per heavy atom. The summed E-state index contributed by atoms with van der Waals surface area (Å²) in [7, 11) is 0. The number of ether oxygens (including phenoxy) is 1. The number of hydrogen-bond acceptors (Lipinski definition) is 2. The van der Waals surface area contributed by atoms with E-state index in [1.165, 1.54) is 6.07 Å². The molecule has 0 fully saturated rings. The summed E-state index contributed by atoms with van der Waals surface area (Å²) in [6.07, 6.45) is 0.936. The van der Waals surface area contributed by atoms with E-state index in [-0.39, 0.29) is 5.56 Å². The van der Waals surface area contributed by atoms with E-state index in [2.05, 4.69) is 5.32 Å². The molecule has 2 rings (SSSR count). The maximum absolute atomic E-state index is 13.9. The average molecular weight is 287 g/mol. The second kappa shape index (κ2) is 6.88. The number of hydrogen-bond donors (Lipinski definition) is 1. The number of benzene rings is 2. The van der Waals surface area contributed by atoms with E-state index < -0.39 is 11.7 Å². The smallest absolute Gasteiger partial charge is 0.258 e. The van der Waals surface area contributed by atoms with Crippen molar-refractivity contribution >= 4 is 11.6 Å². The van der Waals surface area contributed by atoms with Gasteiger partial charge in [-0.3, -0.25) is 4.79 Å². The SMILES string of the molecule is CCCOc1ccc(NC(=O)c2cccc(C)c2F)cc1. The quantitative estimate of drug-likeness (QED) is 0.896. The normalized spacial score (nSPS) is 10.2. The van der Waals surface area contributed by atoms with Crippen LogP contribution in [-0.2, 0) is 0 Å². The van der Waals surface area contributed by atoms with Crippen molar-refractivity contribution < 1.29 is 13.9 Å². The molecule has 0 saturated heterocycles. The van der Waals surface area contributed by atoms with Gasteiger partial charge in [0.05, 0.1) is 12.2 Å². The van der Waals surface area contributed by atoms with Gasteiger partial charge in [0.2, 0.25) is 0 Å². The lowest BCUT2D eigenvalue weighted by Crippen LogP contribution is -2.14. The van der Waals surface area contributed by atoms with Crippen molar-refractivity contribution in [1.82, 2.24) is 0 Å². The highest BCUT2D eigenvalue weighted by Crippen LogP contribution is 2.18. The molecular weight excluding hydrogens is 269 g/mol. The summed E-state index contributed by atoms with van der Waals surface area (Å²) in [6.45, 7) is 4.32. The number of anilines is 1. The highest BCUT2D eigenvalue weighted by molar-refractivity contribution is 6.04. The first kappa shape index (κ1) is 15.0. The Hall–Kier alpha value is -2.36. The van der Waals surface area contributed by atoms with Crippen molar-refractivity contribution in [2.24, 2.45) is 0 Å². The number of halogens is 1. The second-order valence-corrected chi connectivity index (χ2v) is 4.76. The van der Waals surface area contributed by atoms with Gasteiger partial charge in [-0.15, -0.1) is 0 Å². The van der Waals surface area contributed by atoms with E-state index in [1.54, 1.807) is 43.3 Å². The lowest BCUT2D eigenvalue weighted by molar-refractivity contribution is 0.102. The van der Waals surface area contributed by atoms with Crippen LogP contribution in [0.3, 0.4) is 0 Å². The molecule has 0 atom stereocenters. The zero-order valence-electron chi connectivity index (χ0n) is 12.2. The van der Waals surface area contributed by atoms with E-state index in [4.69, 9.17) is 4.74 Å². The zero-order chi connectivity index (χ0) is 15.2. The fourth-order valence-corrected chi connectivity index (χ4v) is 1.88. The van der Waals surface area contributed by atoms with E-state index in [0.717, 1.165) is 12.2 Å². The van der Waals surface area contributed by atoms with Gasteiger partial charge in [-0.05, 0) is 49.2 Å². The van der Waals surface area contributed by atoms with Crippen molar-refractivity contribution in [3.05, 3.63) is 59.4 Å². The Labute approximate surface area is 123 Å². The van der Waals surface area contributed by atoms with Crippen LogP contribution < -0.4 is 10.1 Å². The molecular formula is C17H18FNO2. The third-order valence-electron chi connectivity index (χ3n) is 3.02. The molecule has 0 spiro atoms. The molecule has 0 radical (unpaired) electrons. The molecule has 3 nitrogen and oxygen atoms in total. The number of amides is 1. The minimum atomic E-state index is -0.488. The molecule has 0 aliphatic rings. The van der Waals surface area contributed by atoms with Gasteiger partial charge in [0, 0.05) is 5.69 Å². The minimum Gasteiger partial charge on any atom is -0.494 e. The molecule has 0 aliphatic carbocycles. The molecule has 0 aromatic heterocycles. The van der Waals surface area contributed by atoms with Gasteiger partial charge in [-0.25, -0.2) is 4.39 Å². The van der Waals surface area contributed by atoms with Crippen molar-refractivity contribution in [1.29, 1.82) is 0 Å². The maximum Gasteiger partial charge on any atom is 0.258 e. The van der Waals surface area contributed by atoms with Crippen LogP contribution in [0.1, 0.15) is 29.3 Å². The van der Waals surface area contributed by atoms with Gasteiger partial charge in [-0.2, -0.15) is 0 Å². The van der Waals surface area contributed by atoms with Crippen molar-refractivity contribution in [3.8, 4) is 5.75 Å². The third-order valence-corrected chi connectivity index (χ3v) is 3.02. The molecule has 0 bridgehead atoms. The fourth-order valence-electron chi connectivity index (χ4n) is 1.88. The van der Waals surface area contributed by atoms with Crippen LogP contribution in [0.2, 0.25) is 0 Å². The molecule has 21 heavy (non-hydrogen) atoms. The Kier molecular flexibility index (Phi) is 4.93. The monoisotopic (exact) mass is 287 g/mol. The van der Waals surface area contributed by atoms with Crippen LogP contribution in [0.5, 0.6) is 5.75 Å². The predicted molar refractivity (Wildman–Crippen MR) is 81.3 cm³/mol. The first-order valence-corrected chi connectivity index (χ1v) is 6.91.